The molecule has 3 rings (SSSR count). The van der Waals surface area contributed by atoms with Gasteiger partial charge < -0.3 is 18.9 Å². The zero-order valence-corrected chi connectivity index (χ0v) is 22.3. The molecule has 0 N–H and O–H groups in total. The van der Waals surface area contributed by atoms with E-state index >= 15 is 0 Å². The maximum absolute atomic E-state index is 12.5. The second kappa shape index (κ2) is 16.4. The molecule has 0 aliphatic rings. The van der Waals surface area contributed by atoms with Gasteiger partial charge in [0.2, 0.25) is 0 Å². The van der Waals surface area contributed by atoms with Gasteiger partial charge in [0.05, 0.1) is 25.4 Å². The van der Waals surface area contributed by atoms with E-state index in [1.807, 2.05) is 36.4 Å². The van der Waals surface area contributed by atoms with E-state index in [-0.39, 0.29) is 6.61 Å². The number of esters is 2. The molecular weight excluding hydrogens is 492 g/mol. The minimum absolute atomic E-state index is 0.251. The molecule has 0 radical (unpaired) electrons. The van der Waals surface area contributed by atoms with Crippen molar-refractivity contribution in [1.29, 1.82) is 0 Å². The molecule has 6 nitrogen and oxygen atoms in total. The van der Waals surface area contributed by atoms with E-state index in [0.717, 1.165) is 36.0 Å². The predicted molar refractivity (Wildman–Crippen MR) is 151 cm³/mol. The Morgan fingerprint density at radius 1 is 0.692 bits per heavy atom. The van der Waals surface area contributed by atoms with Crippen LogP contribution in [-0.4, -0.2) is 31.8 Å². The Balaban J connectivity index is 1.43. The van der Waals surface area contributed by atoms with E-state index in [4.69, 9.17) is 18.9 Å². The number of carbonyl (C=O) groups excluding carboxylic acids is 2. The van der Waals surface area contributed by atoms with Crippen molar-refractivity contribution >= 4 is 11.9 Å². The third-order valence-electron chi connectivity index (χ3n) is 5.60. The zero-order valence-electron chi connectivity index (χ0n) is 22.3. The summed E-state index contributed by atoms with van der Waals surface area (Å²) in [6.45, 7) is 6.90. The number of rotatable bonds is 14. The second-order valence-electron chi connectivity index (χ2n) is 8.70. The van der Waals surface area contributed by atoms with Crippen molar-refractivity contribution < 1.29 is 28.5 Å². The second-order valence-corrected chi connectivity index (χ2v) is 8.70. The molecule has 6 heteroatoms. The summed E-state index contributed by atoms with van der Waals surface area (Å²) in [6.07, 6.45) is 6.39. The van der Waals surface area contributed by atoms with E-state index in [1.165, 1.54) is 19.3 Å². The lowest BCUT2D eigenvalue weighted by Crippen LogP contribution is -2.09. The largest absolute Gasteiger partial charge is 0.494 e. The topological polar surface area (TPSA) is 71.1 Å². The van der Waals surface area contributed by atoms with Gasteiger partial charge in [-0.25, -0.2) is 9.59 Å². The zero-order chi connectivity index (χ0) is 27.7. The Labute approximate surface area is 230 Å². The molecule has 0 amide bonds. The average Bonchev–Trinajstić information content (AvgIpc) is 2.97. The van der Waals surface area contributed by atoms with Crippen LogP contribution < -0.4 is 14.2 Å². The molecule has 0 heterocycles. The monoisotopic (exact) mass is 526 g/mol. The van der Waals surface area contributed by atoms with Crippen LogP contribution in [0.5, 0.6) is 17.2 Å². The number of hydrogen-bond acceptors (Lipinski definition) is 6. The van der Waals surface area contributed by atoms with Gasteiger partial charge in [-0.1, -0.05) is 44.6 Å². The molecule has 39 heavy (non-hydrogen) atoms. The van der Waals surface area contributed by atoms with Crippen LogP contribution in [0, 0.1) is 11.8 Å². The summed E-state index contributed by atoms with van der Waals surface area (Å²) in [5.41, 5.74) is 2.11. The molecule has 3 aromatic rings. The molecule has 0 fully saturated rings. The molecule has 0 aliphatic carbocycles. The van der Waals surface area contributed by atoms with Crippen molar-refractivity contribution in [2.24, 2.45) is 0 Å². The average molecular weight is 527 g/mol. The van der Waals surface area contributed by atoms with Gasteiger partial charge in [0.15, 0.2) is 0 Å². The summed E-state index contributed by atoms with van der Waals surface area (Å²) >= 11 is 0. The third kappa shape index (κ3) is 10.8. The van der Waals surface area contributed by atoms with Crippen LogP contribution in [0.15, 0.2) is 85.5 Å². The van der Waals surface area contributed by atoms with Gasteiger partial charge in [0.25, 0.3) is 0 Å². The van der Waals surface area contributed by atoms with Gasteiger partial charge in [-0.2, -0.15) is 0 Å². The van der Waals surface area contributed by atoms with E-state index < -0.39 is 11.9 Å². The summed E-state index contributed by atoms with van der Waals surface area (Å²) in [4.78, 5) is 23.5. The van der Waals surface area contributed by atoms with Crippen molar-refractivity contribution in [3.8, 4) is 29.1 Å². The first kappa shape index (κ1) is 29.1. The normalized spacial score (nSPS) is 10.1. The minimum atomic E-state index is -0.468. The van der Waals surface area contributed by atoms with E-state index in [2.05, 4.69) is 25.3 Å². The fourth-order valence-corrected chi connectivity index (χ4v) is 3.44. The molecular formula is C33H34O6. The highest BCUT2D eigenvalue weighted by molar-refractivity contribution is 5.91. The maximum Gasteiger partial charge on any atom is 0.343 e. The predicted octanol–water partition coefficient (Wildman–Crippen LogP) is 6.76. The number of carbonyl (C=O) groups is 2. The number of unbranched alkanes of at least 4 members (excludes halogenated alkanes) is 3. The maximum atomic E-state index is 12.5. The van der Waals surface area contributed by atoms with Gasteiger partial charge >= 0.3 is 11.9 Å². The number of hydrogen-bond donors (Lipinski definition) is 0. The number of benzene rings is 3. The summed E-state index contributed by atoms with van der Waals surface area (Å²) < 4.78 is 21.7. The van der Waals surface area contributed by atoms with Crippen LogP contribution in [0.25, 0.3) is 0 Å². The molecule has 202 valence electrons. The lowest BCUT2D eigenvalue weighted by Gasteiger charge is -2.08. The van der Waals surface area contributed by atoms with Crippen molar-refractivity contribution in [1.82, 2.24) is 0 Å². The van der Waals surface area contributed by atoms with E-state index in [0.29, 0.717) is 30.1 Å². The SMILES string of the molecule is C=CC(=O)OCCCOc1ccc(C(=O)Oc2ccc(C#Cc3ccc(OCCCCCC)cc3)cc2)cc1. The molecule has 0 aliphatic heterocycles. The highest BCUT2D eigenvalue weighted by Gasteiger charge is 2.09. The summed E-state index contributed by atoms with van der Waals surface area (Å²) in [6, 6.07) is 21.5. The quantitative estimate of drug-likeness (QED) is 0.0760. The molecule has 0 saturated heterocycles. The van der Waals surface area contributed by atoms with Gasteiger partial charge in [0.1, 0.15) is 17.2 Å². The Morgan fingerprint density at radius 3 is 1.79 bits per heavy atom. The van der Waals surface area contributed by atoms with Crippen LogP contribution in [0.1, 0.15) is 60.5 Å². The smallest absolute Gasteiger partial charge is 0.343 e. The van der Waals surface area contributed by atoms with Gasteiger partial charge in [-0.3, -0.25) is 0 Å². The highest BCUT2D eigenvalue weighted by Crippen LogP contribution is 2.17. The first-order chi connectivity index (χ1) is 19.1. The number of ether oxygens (including phenoxy) is 4. The van der Waals surface area contributed by atoms with Crippen LogP contribution >= 0.6 is 0 Å². The molecule has 0 saturated carbocycles. The molecule has 0 spiro atoms. The van der Waals surface area contributed by atoms with Gasteiger partial charge in [-0.05, 0) is 79.2 Å². The van der Waals surface area contributed by atoms with Crippen molar-refractivity contribution in [3.05, 3.63) is 102 Å². The summed E-state index contributed by atoms with van der Waals surface area (Å²) in [5.74, 6) is 7.23. The first-order valence-corrected chi connectivity index (χ1v) is 13.2. The summed E-state index contributed by atoms with van der Waals surface area (Å²) in [7, 11) is 0. The Bertz CT molecular complexity index is 1250. The first-order valence-electron chi connectivity index (χ1n) is 13.2. The molecule has 3 aromatic carbocycles. The van der Waals surface area contributed by atoms with Crippen LogP contribution in [0.2, 0.25) is 0 Å². The van der Waals surface area contributed by atoms with Crippen molar-refractivity contribution in [2.75, 3.05) is 19.8 Å². The van der Waals surface area contributed by atoms with Gasteiger partial charge in [0, 0.05) is 23.6 Å². The van der Waals surface area contributed by atoms with Gasteiger partial charge in [-0.15, -0.1) is 0 Å². The van der Waals surface area contributed by atoms with Crippen LogP contribution in [-0.2, 0) is 9.53 Å². The lowest BCUT2D eigenvalue weighted by molar-refractivity contribution is -0.137. The Morgan fingerprint density at radius 2 is 1.23 bits per heavy atom. The molecule has 0 aromatic heterocycles. The molecule has 0 atom stereocenters. The Kier molecular flexibility index (Phi) is 12.2. The van der Waals surface area contributed by atoms with Crippen molar-refractivity contribution in [2.45, 2.75) is 39.0 Å². The van der Waals surface area contributed by atoms with E-state index in [9.17, 15) is 9.59 Å². The molecule has 0 bridgehead atoms. The lowest BCUT2D eigenvalue weighted by atomic mass is 10.1. The molecule has 0 unspecified atom stereocenters. The fraction of sp³-hybridized carbons (Fsp3) is 0.273. The fourth-order valence-electron chi connectivity index (χ4n) is 3.44. The van der Waals surface area contributed by atoms with Crippen LogP contribution in [0.4, 0.5) is 0 Å². The summed E-state index contributed by atoms with van der Waals surface area (Å²) in [5, 5.41) is 0. The van der Waals surface area contributed by atoms with Crippen molar-refractivity contribution in [3.63, 3.8) is 0 Å². The third-order valence-corrected chi connectivity index (χ3v) is 5.60. The standard InChI is InChI=1S/C33H34O6/c1-3-5-6-7-23-36-29-17-11-26(12-18-29)9-10-27-13-19-31(20-14-27)39-33(35)28-15-21-30(22-16-28)37-24-8-25-38-32(34)4-2/h4,11-22H,2-3,5-8,23-25H2,1H3. The highest BCUT2D eigenvalue weighted by atomic mass is 16.5. The minimum Gasteiger partial charge on any atom is -0.494 e. The van der Waals surface area contributed by atoms with Crippen LogP contribution in [0.3, 0.4) is 0 Å². The Hall–Kier alpha value is -4.50. The van der Waals surface area contributed by atoms with E-state index in [1.54, 1.807) is 36.4 Å².